The van der Waals surface area contributed by atoms with Crippen molar-refractivity contribution in [1.82, 2.24) is 14.5 Å². The van der Waals surface area contributed by atoms with Gasteiger partial charge in [-0.1, -0.05) is 25.8 Å². The number of aryl methyl sites for hydroxylation is 2. The molecule has 4 heteroatoms. The van der Waals surface area contributed by atoms with Gasteiger partial charge < -0.3 is 5.32 Å². The van der Waals surface area contributed by atoms with Gasteiger partial charge in [0.05, 0.1) is 11.0 Å². The number of nitrogens with zero attached hydrogens (tertiary/aromatic N) is 2. The number of imidazole rings is 1. The van der Waals surface area contributed by atoms with Gasteiger partial charge in [0.1, 0.15) is 0 Å². The van der Waals surface area contributed by atoms with E-state index in [1.165, 1.54) is 31.2 Å². The maximum absolute atomic E-state index is 12.1. The molecule has 0 aliphatic heterocycles. The maximum atomic E-state index is 12.1. The SMILES string of the molecule is CCNC(c1ccc2c(c1)n(C)c(=O)n2C)C1CCCC1. The molecule has 1 aromatic carbocycles. The van der Waals surface area contributed by atoms with Gasteiger partial charge in [0.2, 0.25) is 0 Å². The van der Waals surface area contributed by atoms with E-state index in [1.807, 2.05) is 14.1 Å². The number of aromatic nitrogens is 2. The Morgan fingerprint density at radius 3 is 2.52 bits per heavy atom. The molecule has 1 aliphatic carbocycles. The summed E-state index contributed by atoms with van der Waals surface area (Å²) in [5, 5.41) is 3.65. The summed E-state index contributed by atoms with van der Waals surface area (Å²) in [6.07, 6.45) is 5.31. The van der Waals surface area contributed by atoms with Crippen LogP contribution in [0.25, 0.3) is 11.0 Å². The molecule has 1 N–H and O–H groups in total. The third-order valence-electron chi connectivity index (χ3n) is 4.95. The topological polar surface area (TPSA) is 39.0 Å². The van der Waals surface area contributed by atoms with Crippen LogP contribution in [0, 0.1) is 5.92 Å². The third-order valence-corrected chi connectivity index (χ3v) is 4.95. The van der Waals surface area contributed by atoms with Crippen LogP contribution in [0.5, 0.6) is 0 Å². The van der Waals surface area contributed by atoms with Gasteiger partial charge in [0.15, 0.2) is 0 Å². The van der Waals surface area contributed by atoms with Crippen molar-refractivity contribution in [2.75, 3.05) is 6.54 Å². The molecule has 1 unspecified atom stereocenters. The van der Waals surface area contributed by atoms with E-state index in [0.29, 0.717) is 6.04 Å². The number of fused-ring (bicyclic) bond motifs is 1. The number of nitrogens with one attached hydrogen (secondary N) is 1. The Morgan fingerprint density at radius 1 is 1.19 bits per heavy atom. The Bertz CT molecular complexity index is 692. The molecule has 0 bridgehead atoms. The van der Waals surface area contributed by atoms with Crippen LogP contribution < -0.4 is 11.0 Å². The molecule has 21 heavy (non-hydrogen) atoms. The van der Waals surface area contributed by atoms with E-state index < -0.39 is 0 Å². The molecule has 1 heterocycles. The summed E-state index contributed by atoms with van der Waals surface area (Å²) in [5.74, 6) is 0.725. The summed E-state index contributed by atoms with van der Waals surface area (Å²) in [6.45, 7) is 3.14. The first kappa shape index (κ1) is 14.4. The summed E-state index contributed by atoms with van der Waals surface area (Å²) >= 11 is 0. The zero-order chi connectivity index (χ0) is 15.0. The smallest absolute Gasteiger partial charge is 0.310 e. The maximum Gasteiger partial charge on any atom is 0.328 e. The quantitative estimate of drug-likeness (QED) is 0.939. The molecule has 1 atom stereocenters. The number of hydrogen-bond acceptors (Lipinski definition) is 2. The number of rotatable bonds is 4. The first-order valence-electron chi connectivity index (χ1n) is 8.02. The van der Waals surface area contributed by atoms with Crippen LogP contribution in [-0.2, 0) is 14.1 Å². The first-order valence-corrected chi connectivity index (χ1v) is 8.02. The lowest BCUT2D eigenvalue weighted by molar-refractivity contribution is 0.375. The second-order valence-corrected chi connectivity index (χ2v) is 6.23. The van der Waals surface area contributed by atoms with Crippen LogP contribution in [0.1, 0.15) is 44.2 Å². The van der Waals surface area contributed by atoms with Crippen LogP contribution in [0.2, 0.25) is 0 Å². The zero-order valence-electron chi connectivity index (χ0n) is 13.2. The average molecular weight is 287 g/mol. The minimum atomic E-state index is 0.0445. The monoisotopic (exact) mass is 287 g/mol. The minimum Gasteiger partial charge on any atom is -0.310 e. The molecule has 1 aliphatic rings. The predicted molar refractivity (Wildman–Crippen MR) is 86.5 cm³/mol. The van der Waals surface area contributed by atoms with Crippen molar-refractivity contribution >= 4 is 11.0 Å². The lowest BCUT2D eigenvalue weighted by Crippen LogP contribution is -2.27. The van der Waals surface area contributed by atoms with Gasteiger partial charge in [0.25, 0.3) is 0 Å². The molecular formula is C17H25N3O. The van der Waals surface area contributed by atoms with E-state index in [4.69, 9.17) is 0 Å². The van der Waals surface area contributed by atoms with Crippen LogP contribution in [0.15, 0.2) is 23.0 Å². The standard InChI is InChI=1S/C17H25N3O/c1-4-18-16(12-7-5-6-8-12)13-9-10-14-15(11-13)20(3)17(21)19(14)2/h9-12,16,18H,4-8H2,1-3H3. The average Bonchev–Trinajstić information content (AvgIpc) is 3.09. The highest BCUT2D eigenvalue weighted by Gasteiger charge is 2.26. The predicted octanol–water partition coefficient (Wildman–Crippen LogP) is 2.72. The Morgan fingerprint density at radius 2 is 1.86 bits per heavy atom. The van der Waals surface area contributed by atoms with E-state index in [0.717, 1.165) is 23.5 Å². The molecule has 1 aromatic heterocycles. The van der Waals surface area contributed by atoms with Crippen LogP contribution >= 0.6 is 0 Å². The summed E-state index contributed by atoms with van der Waals surface area (Å²) < 4.78 is 3.47. The van der Waals surface area contributed by atoms with Gasteiger partial charge in [-0.25, -0.2) is 4.79 Å². The molecule has 4 nitrogen and oxygen atoms in total. The summed E-state index contributed by atoms with van der Waals surface area (Å²) in [7, 11) is 3.69. The van der Waals surface area contributed by atoms with Crippen molar-refractivity contribution in [2.45, 2.75) is 38.6 Å². The van der Waals surface area contributed by atoms with Gasteiger partial charge in [-0.3, -0.25) is 9.13 Å². The van der Waals surface area contributed by atoms with Crippen molar-refractivity contribution < 1.29 is 0 Å². The number of benzene rings is 1. The third kappa shape index (κ3) is 2.42. The Kier molecular flexibility index (Phi) is 3.89. The van der Waals surface area contributed by atoms with Crippen LogP contribution in [-0.4, -0.2) is 15.7 Å². The lowest BCUT2D eigenvalue weighted by atomic mass is 9.91. The largest absolute Gasteiger partial charge is 0.328 e. The molecule has 2 aromatic rings. The molecule has 0 saturated heterocycles. The van der Waals surface area contributed by atoms with Crippen LogP contribution in [0.4, 0.5) is 0 Å². The number of hydrogen-bond donors (Lipinski definition) is 1. The van der Waals surface area contributed by atoms with Gasteiger partial charge in [-0.05, 0) is 43.0 Å². The lowest BCUT2D eigenvalue weighted by Gasteiger charge is -2.25. The van der Waals surface area contributed by atoms with Gasteiger partial charge in [-0.15, -0.1) is 0 Å². The fourth-order valence-corrected chi connectivity index (χ4v) is 3.78. The molecule has 3 rings (SSSR count). The van der Waals surface area contributed by atoms with Crippen molar-refractivity contribution in [3.63, 3.8) is 0 Å². The molecule has 1 saturated carbocycles. The van der Waals surface area contributed by atoms with Gasteiger partial charge >= 0.3 is 5.69 Å². The van der Waals surface area contributed by atoms with E-state index in [-0.39, 0.29) is 5.69 Å². The van der Waals surface area contributed by atoms with Crippen LogP contribution in [0.3, 0.4) is 0 Å². The first-order chi connectivity index (χ1) is 10.1. The van der Waals surface area contributed by atoms with Gasteiger partial charge in [0, 0.05) is 20.1 Å². The van der Waals surface area contributed by atoms with Crippen molar-refractivity contribution in [2.24, 2.45) is 20.0 Å². The van der Waals surface area contributed by atoms with E-state index >= 15 is 0 Å². The van der Waals surface area contributed by atoms with E-state index in [2.05, 4.69) is 30.4 Å². The second-order valence-electron chi connectivity index (χ2n) is 6.23. The highest BCUT2D eigenvalue weighted by Crippen LogP contribution is 2.36. The molecule has 0 radical (unpaired) electrons. The van der Waals surface area contributed by atoms with Gasteiger partial charge in [-0.2, -0.15) is 0 Å². The minimum absolute atomic E-state index is 0.0445. The van der Waals surface area contributed by atoms with Crippen molar-refractivity contribution in [3.8, 4) is 0 Å². The fraction of sp³-hybridized carbons (Fsp3) is 0.588. The Balaban J connectivity index is 2.05. The van der Waals surface area contributed by atoms with E-state index in [1.54, 1.807) is 9.13 Å². The normalized spacial score (nSPS) is 17.7. The summed E-state index contributed by atoms with van der Waals surface area (Å²) in [5.41, 5.74) is 3.40. The van der Waals surface area contributed by atoms with E-state index in [9.17, 15) is 4.79 Å². The Labute approximate surface area is 125 Å². The molecule has 114 valence electrons. The van der Waals surface area contributed by atoms with Crippen molar-refractivity contribution in [3.05, 3.63) is 34.2 Å². The molecule has 0 spiro atoms. The van der Waals surface area contributed by atoms with Crippen molar-refractivity contribution in [1.29, 1.82) is 0 Å². The zero-order valence-corrected chi connectivity index (χ0v) is 13.2. The fourth-order valence-electron chi connectivity index (χ4n) is 3.78. The molecular weight excluding hydrogens is 262 g/mol. The summed E-state index contributed by atoms with van der Waals surface area (Å²) in [4.78, 5) is 12.1. The summed E-state index contributed by atoms with van der Waals surface area (Å²) in [6, 6.07) is 6.89. The molecule has 1 fully saturated rings. The highest BCUT2D eigenvalue weighted by molar-refractivity contribution is 5.77. The molecule has 0 amide bonds. The highest BCUT2D eigenvalue weighted by atomic mass is 16.1. The second kappa shape index (κ2) is 5.68. The Hall–Kier alpha value is -1.55.